The Morgan fingerprint density at radius 2 is 1.81 bits per heavy atom. The number of rotatable bonds is 8. The number of halogens is 1. The first-order valence-electron chi connectivity index (χ1n) is 8.47. The fourth-order valence-electron chi connectivity index (χ4n) is 3.12. The molecule has 2 aromatic heterocycles. The van der Waals surface area contributed by atoms with Crippen molar-refractivity contribution in [3.05, 3.63) is 24.2 Å². The molecule has 180 valence electrons. The minimum absolute atomic E-state index is 0.109. The van der Waals surface area contributed by atoms with Crippen molar-refractivity contribution < 1.29 is 61.6 Å². The predicted molar refractivity (Wildman–Crippen MR) is 105 cm³/mol. The molecule has 1 saturated heterocycles. The molecule has 3 heterocycles. The van der Waals surface area contributed by atoms with Gasteiger partial charge in [0, 0.05) is 0 Å². The van der Waals surface area contributed by atoms with Crippen LogP contribution in [0.1, 0.15) is 12.6 Å². The fraction of sp³-hybridized carbons (Fsp3) is 0.500. The molecule has 1 aliphatic rings. The van der Waals surface area contributed by atoms with E-state index in [1.54, 1.807) is 0 Å². The van der Waals surface area contributed by atoms with Crippen LogP contribution in [-0.2, 0) is 23.5 Å². The Labute approximate surface area is 180 Å². The van der Waals surface area contributed by atoms with Crippen molar-refractivity contribution in [1.82, 2.24) is 14.6 Å². The zero-order valence-corrected chi connectivity index (χ0v) is 18.7. The third-order valence-corrected chi connectivity index (χ3v) is 8.34. The van der Waals surface area contributed by atoms with Gasteiger partial charge in [0.25, 0.3) is 0 Å². The smallest absolute Gasteiger partial charge is 0.387 e. The highest BCUT2D eigenvalue weighted by atomic mass is 31.3. The van der Waals surface area contributed by atoms with Crippen molar-refractivity contribution >= 4 is 35.8 Å². The summed E-state index contributed by atoms with van der Waals surface area (Å²) in [5.41, 5.74) is 4.45. The number of nitrogen functional groups attached to an aromatic ring is 1. The van der Waals surface area contributed by atoms with Gasteiger partial charge in [-0.05, 0) is 19.1 Å². The zero-order valence-electron chi connectivity index (χ0n) is 16.0. The van der Waals surface area contributed by atoms with E-state index in [-0.39, 0.29) is 11.5 Å². The van der Waals surface area contributed by atoms with Crippen LogP contribution in [0.2, 0.25) is 0 Å². The summed E-state index contributed by atoms with van der Waals surface area (Å²) in [7, 11) is -15.7. The molecule has 16 nitrogen and oxygen atoms in total. The second-order valence-electron chi connectivity index (χ2n) is 6.77. The van der Waals surface area contributed by atoms with E-state index in [1.165, 1.54) is 23.6 Å². The molecule has 3 rings (SSSR count). The fourth-order valence-corrected chi connectivity index (χ4v) is 6.28. The van der Waals surface area contributed by atoms with E-state index in [0.717, 1.165) is 6.33 Å². The van der Waals surface area contributed by atoms with Crippen LogP contribution >= 0.6 is 24.5 Å². The highest BCUT2D eigenvalue weighted by molar-refractivity contribution is 7.73. The lowest BCUT2D eigenvalue weighted by Crippen LogP contribution is -2.36. The number of hydrogen-bond donors (Lipinski definition) is 9. The maximum absolute atomic E-state index is 15.0. The summed E-state index contributed by atoms with van der Waals surface area (Å²) in [6.07, 6.45) is -4.26. The van der Waals surface area contributed by atoms with Gasteiger partial charge in [0.1, 0.15) is 36.3 Å². The van der Waals surface area contributed by atoms with Gasteiger partial charge in [-0.1, -0.05) is 0 Å². The number of ether oxygens (including phenoxy) is 1. The molecule has 2 aromatic rings. The van der Waals surface area contributed by atoms with E-state index in [0.29, 0.717) is 5.52 Å². The van der Waals surface area contributed by atoms with Crippen LogP contribution in [0, 0.1) is 0 Å². The third-order valence-electron chi connectivity index (χ3n) is 4.43. The van der Waals surface area contributed by atoms with E-state index >= 15 is 4.39 Å². The van der Waals surface area contributed by atoms with E-state index in [9.17, 15) is 24.7 Å². The number of hydrogen-bond acceptors (Lipinski definition) is 15. The minimum atomic E-state index is -5.35. The van der Waals surface area contributed by atoms with Crippen LogP contribution < -0.4 is 5.73 Å². The highest BCUT2D eigenvalue weighted by Crippen LogP contribution is 2.75. The number of fused-ring (bicyclic) bond motifs is 1. The average Bonchev–Trinajstić information content (AvgIpc) is 3.14. The minimum Gasteiger partial charge on any atom is -0.387 e. The number of anilines is 1. The van der Waals surface area contributed by atoms with Crippen LogP contribution in [-0.4, -0.2) is 78.9 Å². The van der Waals surface area contributed by atoms with E-state index < -0.39 is 55.1 Å². The van der Waals surface area contributed by atoms with Gasteiger partial charge < -0.3 is 15.6 Å². The molecule has 10 N–H and O–H groups in total. The molecule has 1 aliphatic heterocycles. The highest BCUT2D eigenvalue weighted by Gasteiger charge is 2.69. The van der Waals surface area contributed by atoms with E-state index in [2.05, 4.69) is 23.2 Å². The quantitative estimate of drug-likeness (QED) is 0.181. The van der Waals surface area contributed by atoms with Crippen molar-refractivity contribution in [2.24, 2.45) is 0 Å². The van der Waals surface area contributed by atoms with Crippen LogP contribution in [0.5, 0.6) is 0 Å². The molecule has 20 heteroatoms. The van der Waals surface area contributed by atoms with Gasteiger partial charge in [-0.25, -0.2) is 13.9 Å². The molecular formula is C12H21FN4O12P3+3. The van der Waals surface area contributed by atoms with E-state index in [1.807, 2.05) is 0 Å². The molecule has 0 unspecified atom stereocenters. The summed E-state index contributed by atoms with van der Waals surface area (Å²) in [5.74, 6) is 0.109. The third kappa shape index (κ3) is 5.45. The predicted octanol–water partition coefficient (Wildman–Crippen LogP) is -1.35. The van der Waals surface area contributed by atoms with Gasteiger partial charge in [0.2, 0.25) is 0 Å². The Morgan fingerprint density at radius 1 is 1.16 bits per heavy atom. The van der Waals surface area contributed by atoms with Gasteiger partial charge in [-0.15, -0.1) is 4.52 Å². The molecule has 0 aliphatic carbocycles. The van der Waals surface area contributed by atoms with Crippen molar-refractivity contribution in [2.45, 2.75) is 30.9 Å². The maximum Gasteiger partial charge on any atom is 0.667 e. The van der Waals surface area contributed by atoms with Gasteiger partial charge in [0.05, 0.1) is 14.3 Å². The molecule has 0 amide bonds. The molecule has 0 spiro atoms. The Morgan fingerprint density at radius 3 is 2.44 bits per heavy atom. The van der Waals surface area contributed by atoms with Crippen LogP contribution in [0.15, 0.2) is 18.5 Å². The molecule has 32 heavy (non-hydrogen) atoms. The van der Waals surface area contributed by atoms with Crippen LogP contribution in [0.25, 0.3) is 5.52 Å². The first-order valence-corrected chi connectivity index (χ1v) is 13.1. The summed E-state index contributed by atoms with van der Waals surface area (Å²) >= 11 is 0. The maximum atomic E-state index is 15.0. The molecule has 1 fully saturated rings. The van der Waals surface area contributed by atoms with Gasteiger partial charge >= 0.3 is 24.5 Å². The van der Waals surface area contributed by atoms with Crippen molar-refractivity contribution in [3.63, 3.8) is 0 Å². The lowest BCUT2D eigenvalue weighted by atomic mass is 9.94. The van der Waals surface area contributed by atoms with Gasteiger partial charge in [-0.2, -0.15) is 39.4 Å². The van der Waals surface area contributed by atoms with Gasteiger partial charge in [-0.3, -0.25) is 0 Å². The summed E-state index contributed by atoms with van der Waals surface area (Å²) < 4.78 is 34.1. The lowest BCUT2D eigenvalue weighted by molar-refractivity contribution is -0.0786. The SMILES string of the molecule is C[C@@]1(c2ccc3c(N)ncnn23)O[C@H](CO[P+](O)(O)O[P+](O)(O)O[P+](O)(O)O)[C@@H](O)[C@H]1F. The lowest BCUT2D eigenvalue weighted by Gasteiger charge is -2.26. The summed E-state index contributed by atoms with van der Waals surface area (Å²) in [4.78, 5) is 67.9. The van der Waals surface area contributed by atoms with Crippen molar-refractivity contribution in [2.75, 3.05) is 12.3 Å². The first-order chi connectivity index (χ1) is 14.5. The van der Waals surface area contributed by atoms with Gasteiger partial charge in [0.15, 0.2) is 12.0 Å². The number of alkyl halides is 1. The number of aliphatic hydroxyl groups excluding tert-OH is 1. The average molecular weight is 525 g/mol. The summed E-state index contributed by atoms with van der Waals surface area (Å²) in [6.45, 7) is 0.382. The molecule has 0 saturated carbocycles. The summed E-state index contributed by atoms with van der Waals surface area (Å²) in [5, 5.41) is 14.2. The molecule has 4 atom stereocenters. The molecule has 0 bridgehead atoms. The van der Waals surface area contributed by atoms with Crippen molar-refractivity contribution in [3.8, 4) is 0 Å². The molecule has 0 aromatic carbocycles. The Balaban J connectivity index is 1.73. The van der Waals surface area contributed by atoms with Crippen molar-refractivity contribution in [1.29, 1.82) is 0 Å². The summed E-state index contributed by atoms with van der Waals surface area (Å²) in [6, 6.07) is 2.95. The molecular weight excluding hydrogens is 504 g/mol. The number of nitrogens with zero attached hydrogens (tertiary/aromatic N) is 3. The number of aliphatic hydroxyl groups is 1. The van der Waals surface area contributed by atoms with E-state index in [4.69, 9.17) is 25.2 Å². The monoisotopic (exact) mass is 525 g/mol. The second kappa shape index (κ2) is 8.74. The van der Waals surface area contributed by atoms with Crippen LogP contribution in [0.3, 0.4) is 0 Å². The second-order valence-corrected chi connectivity index (χ2v) is 11.3. The molecule has 0 radical (unpaired) electrons. The Kier molecular flexibility index (Phi) is 7.04. The first kappa shape index (κ1) is 25.8. The normalized spacial score (nSPS) is 27.4. The Bertz CT molecular complexity index is 976. The zero-order chi connectivity index (χ0) is 24.1. The number of aromatic nitrogens is 3. The standard InChI is InChI=1S/C12H21FN4O12P3/c1-12(8-3-2-6-11(14)15-5-16-17(6)8)10(13)9(18)7(27-12)4-26-31(22,23)29-32(24,25)28-30(19,20)21/h2-3,5,7,9-10,18-25H,4H2,1H3,(H2,14,15,16)/q+3/t7-,9-,10-,12+/m1/s1. The number of nitrogens with two attached hydrogens (primary N) is 1. The topological polar surface area (TPSA) is 255 Å². The van der Waals surface area contributed by atoms with Crippen LogP contribution in [0.4, 0.5) is 10.2 Å². The largest absolute Gasteiger partial charge is 0.667 e. The Hall–Kier alpha value is -0.840.